The second-order valence-electron chi connectivity index (χ2n) is 4.62. The van der Waals surface area contributed by atoms with Crippen molar-refractivity contribution in [3.05, 3.63) is 23.9 Å². The summed E-state index contributed by atoms with van der Waals surface area (Å²) < 4.78 is 5.01. The van der Waals surface area contributed by atoms with Crippen LogP contribution in [0.4, 0.5) is 0 Å². The zero-order valence-corrected chi connectivity index (χ0v) is 9.42. The second-order valence-corrected chi connectivity index (χ2v) is 4.62. The van der Waals surface area contributed by atoms with Gasteiger partial charge in [0.1, 0.15) is 0 Å². The Morgan fingerprint density at radius 1 is 1.47 bits per heavy atom. The zero-order chi connectivity index (χ0) is 10.7. The van der Waals surface area contributed by atoms with E-state index >= 15 is 0 Å². The summed E-state index contributed by atoms with van der Waals surface area (Å²) in [6.45, 7) is 4.33. The summed E-state index contributed by atoms with van der Waals surface area (Å²) in [5.41, 5.74) is 1.78. The van der Waals surface area contributed by atoms with Crippen molar-refractivity contribution >= 4 is 0 Å². The van der Waals surface area contributed by atoms with Gasteiger partial charge in [0.05, 0.1) is 7.11 Å². The molecule has 15 heavy (non-hydrogen) atoms. The first kappa shape index (κ1) is 10.4. The van der Waals surface area contributed by atoms with Crippen LogP contribution in [0.2, 0.25) is 0 Å². The third kappa shape index (κ3) is 2.93. The highest BCUT2D eigenvalue weighted by atomic mass is 16.5. The van der Waals surface area contributed by atoms with Gasteiger partial charge in [0, 0.05) is 25.4 Å². The molecule has 0 spiro atoms. The molecule has 1 aromatic heterocycles. The number of methoxy groups -OCH3 is 1. The zero-order valence-electron chi connectivity index (χ0n) is 9.42. The third-order valence-electron chi connectivity index (χ3n) is 2.99. The standard InChI is InChI=1S/C12H18N2O/c1-12(5-6-12)9-13-7-10-3-4-11(15-2)14-8-10/h3-4,8,13H,5-7,9H2,1-2H3. The molecule has 1 fully saturated rings. The Labute approximate surface area is 90.9 Å². The first-order valence-corrected chi connectivity index (χ1v) is 5.41. The number of ether oxygens (including phenoxy) is 1. The van der Waals surface area contributed by atoms with Crippen LogP contribution >= 0.6 is 0 Å². The molecule has 1 aromatic rings. The summed E-state index contributed by atoms with van der Waals surface area (Å²) in [7, 11) is 1.63. The molecule has 3 nitrogen and oxygen atoms in total. The van der Waals surface area contributed by atoms with Crippen LogP contribution in [0.15, 0.2) is 18.3 Å². The van der Waals surface area contributed by atoms with Crippen LogP contribution in [-0.4, -0.2) is 18.6 Å². The maximum absolute atomic E-state index is 5.01. The number of pyridine rings is 1. The average Bonchev–Trinajstić information content (AvgIpc) is 2.98. The molecular formula is C12H18N2O. The SMILES string of the molecule is COc1ccc(CNCC2(C)CC2)cn1. The predicted octanol–water partition coefficient (Wildman–Crippen LogP) is 1.98. The summed E-state index contributed by atoms with van der Waals surface area (Å²) in [6.07, 6.45) is 4.59. The first-order chi connectivity index (χ1) is 7.22. The molecule has 3 heteroatoms. The number of nitrogens with one attached hydrogen (secondary N) is 1. The molecule has 0 bridgehead atoms. The Hall–Kier alpha value is -1.09. The van der Waals surface area contributed by atoms with Gasteiger partial charge in [-0.2, -0.15) is 0 Å². The van der Waals surface area contributed by atoms with E-state index in [1.54, 1.807) is 7.11 Å². The highest BCUT2D eigenvalue weighted by molar-refractivity contribution is 5.17. The smallest absolute Gasteiger partial charge is 0.212 e. The molecule has 0 atom stereocenters. The molecule has 1 aliphatic carbocycles. The highest BCUT2D eigenvalue weighted by Crippen LogP contribution is 2.44. The fourth-order valence-electron chi connectivity index (χ4n) is 1.54. The highest BCUT2D eigenvalue weighted by Gasteiger charge is 2.36. The molecule has 0 amide bonds. The maximum atomic E-state index is 5.01. The van der Waals surface area contributed by atoms with Gasteiger partial charge in [-0.15, -0.1) is 0 Å². The Morgan fingerprint density at radius 2 is 2.27 bits per heavy atom. The first-order valence-electron chi connectivity index (χ1n) is 5.41. The average molecular weight is 206 g/mol. The van der Waals surface area contributed by atoms with Gasteiger partial charge in [0.25, 0.3) is 0 Å². The molecule has 0 saturated heterocycles. The van der Waals surface area contributed by atoms with Gasteiger partial charge in [-0.05, 0) is 23.8 Å². The van der Waals surface area contributed by atoms with Crippen LogP contribution in [0, 0.1) is 5.41 Å². The third-order valence-corrected chi connectivity index (χ3v) is 2.99. The van der Waals surface area contributed by atoms with Gasteiger partial charge in [-0.25, -0.2) is 4.98 Å². The van der Waals surface area contributed by atoms with Crippen molar-refractivity contribution in [3.63, 3.8) is 0 Å². The molecule has 0 radical (unpaired) electrons. The molecule has 2 rings (SSSR count). The molecule has 1 aliphatic rings. The maximum Gasteiger partial charge on any atom is 0.212 e. The van der Waals surface area contributed by atoms with Crippen LogP contribution in [0.25, 0.3) is 0 Å². The van der Waals surface area contributed by atoms with E-state index in [-0.39, 0.29) is 0 Å². The lowest BCUT2D eigenvalue weighted by atomic mass is 10.1. The van der Waals surface area contributed by atoms with E-state index in [0.29, 0.717) is 11.3 Å². The molecule has 1 N–H and O–H groups in total. The number of rotatable bonds is 5. The fourth-order valence-corrected chi connectivity index (χ4v) is 1.54. The topological polar surface area (TPSA) is 34.1 Å². The number of nitrogens with zero attached hydrogens (tertiary/aromatic N) is 1. The van der Waals surface area contributed by atoms with E-state index in [1.807, 2.05) is 18.3 Å². The normalized spacial score (nSPS) is 17.5. The van der Waals surface area contributed by atoms with Crippen molar-refractivity contribution in [3.8, 4) is 5.88 Å². The molecule has 1 saturated carbocycles. The summed E-state index contributed by atoms with van der Waals surface area (Å²) in [6, 6.07) is 3.95. The summed E-state index contributed by atoms with van der Waals surface area (Å²) >= 11 is 0. The predicted molar refractivity (Wildman–Crippen MR) is 59.8 cm³/mol. The van der Waals surface area contributed by atoms with Gasteiger partial charge in [-0.3, -0.25) is 0 Å². The largest absolute Gasteiger partial charge is 0.481 e. The number of aromatic nitrogens is 1. The lowest BCUT2D eigenvalue weighted by Crippen LogP contribution is -2.21. The van der Waals surface area contributed by atoms with Crippen LogP contribution in [-0.2, 0) is 6.54 Å². The lowest BCUT2D eigenvalue weighted by molar-refractivity contribution is 0.397. The van der Waals surface area contributed by atoms with E-state index < -0.39 is 0 Å². The molecule has 82 valence electrons. The van der Waals surface area contributed by atoms with Crippen molar-refractivity contribution < 1.29 is 4.74 Å². The summed E-state index contributed by atoms with van der Waals surface area (Å²) in [5.74, 6) is 0.674. The van der Waals surface area contributed by atoms with E-state index in [1.165, 1.54) is 18.4 Å². The molecule has 1 heterocycles. The van der Waals surface area contributed by atoms with Gasteiger partial charge in [0.2, 0.25) is 5.88 Å². The summed E-state index contributed by atoms with van der Waals surface area (Å²) in [5, 5.41) is 3.46. The van der Waals surface area contributed by atoms with Crippen molar-refractivity contribution in [2.24, 2.45) is 5.41 Å². The Kier molecular flexibility index (Phi) is 2.91. The van der Waals surface area contributed by atoms with E-state index in [2.05, 4.69) is 17.2 Å². The Balaban J connectivity index is 1.77. The quantitative estimate of drug-likeness (QED) is 0.800. The van der Waals surface area contributed by atoms with Crippen LogP contribution < -0.4 is 10.1 Å². The van der Waals surface area contributed by atoms with E-state index in [9.17, 15) is 0 Å². The lowest BCUT2D eigenvalue weighted by Gasteiger charge is -2.09. The molecular weight excluding hydrogens is 188 g/mol. The monoisotopic (exact) mass is 206 g/mol. The van der Waals surface area contributed by atoms with Crippen molar-refractivity contribution in [2.45, 2.75) is 26.3 Å². The van der Waals surface area contributed by atoms with Gasteiger partial charge >= 0.3 is 0 Å². The van der Waals surface area contributed by atoms with Crippen molar-refractivity contribution in [1.29, 1.82) is 0 Å². The van der Waals surface area contributed by atoms with Gasteiger partial charge in [-0.1, -0.05) is 13.0 Å². The van der Waals surface area contributed by atoms with Crippen LogP contribution in [0.3, 0.4) is 0 Å². The van der Waals surface area contributed by atoms with Crippen LogP contribution in [0.5, 0.6) is 5.88 Å². The second kappa shape index (κ2) is 4.19. The Bertz CT molecular complexity index is 317. The molecule has 0 unspecified atom stereocenters. The minimum absolute atomic E-state index is 0.569. The minimum Gasteiger partial charge on any atom is -0.481 e. The van der Waals surface area contributed by atoms with E-state index in [0.717, 1.165) is 13.1 Å². The van der Waals surface area contributed by atoms with Crippen molar-refractivity contribution in [1.82, 2.24) is 10.3 Å². The van der Waals surface area contributed by atoms with Gasteiger partial charge in [0.15, 0.2) is 0 Å². The minimum atomic E-state index is 0.569. The van der Waals surface area contributed by atoms with Crippen LogP contribution in [0.1, 0.15) is 25.3 Å². The Morgan fingerprint density at radius 3 is 2.80 bits per heavy atom. The summed E-state index contributed by atoms with van der Waals surface area (Å²) in [4.78, 5) is 4.17. The molecule has 0 aliphatic heterocycles. The fraction of sp³-hybridized carbons (Fsp3) is 0.583. The number of hydrogen-bond donors (Lipinski definition) is 1. The van der Waals surface area contributed by atoms with Crippen molar-refractivity contribution in [2.75, 3.05) is 13.7 Å². The number of hydrogen-bond acceptors (Lipinski definition) is 3. The molecule has 0 aromatic carbocycles. The van der Waals surface area contributed by atoms with E-state index in [4.69, 9.17) is 4.74 Å². The van der Waals surface area contributed by atoms with Gasteiger partial charge < -0.3 is 10.1 Å².